The van der Waals surface area contributed by atoms with Crippen molar-refractivity contribution in [1.82, 2.24) is 15.5 Å². The fourth-order valence-electron chi connectivity index (χ4n) is 2.62. The molecule has 0 aromatic carbocycles. The van der Waals surface area contributed by atoms with Gasteiger partial charge in [-0.05, 0) is 32.4 Å². The quantitative estimate of drug-likeness (QED) is 0.703. The molecule has 2 heterocycles. The van der Waals surface area contributed by atoms with E-state index in [1.807, 2.05) is 0 Å². The maximum atomic E-state index is 11.8. The van der Waals surface area contributed by atoms with Gasteiger partial charge in [0.25, 0.3) is 0 Å². The van der Waals surface area contributed by atoms with Crippen LogP contribution in [0.5, 0.6) is 0 Å². The molecule has 0 radical (unpaired) electrons. The first-order chi connectivity index (χ1) is 8.15. The van der Waals surface area contributed by atoms with E-state index in [0.29, 0.717) is 18.9 Å². The van der Waals surface area contributed by atoms with Crippen LogP contribution in [-0.2, 0) is 9.59 Å². The van der Waals surface area contributed by atoms with Crippen LogP contribution in [0.3, 0.4) is 0 Å². The summed E-state index contributed by atoms with van der Waals surface area (Å²) in [5.41, 5.74) is 0. The van der Waals surface area contributed by atoms with E-state index in [9.17, 15) is 9.59 Å². The Morgan fingerprint density at radius 2 is 2.41 bits per heavy atom. The molecule has 96 valence electrons. The van der Waals surface area contributed by atoms with Crippen LogP contribution >= 0.6 is 0 Å². The standard InChI is InChI=1S/C12H21N3O2/c1-15-4-2-3-9(8-15)6-14-12(17)10-5-11(16)13-7-10/h9-10H,2-8H2,1H3,(H,13,16)(H,14,17). The number of nitrogens with zero attached hydrogens (tertiary/aromatic N) is 1. The van der Waals surface area contributed by atoms with Gasteiger partial charge in [0.15, 0.2) is 0 Å². The molecular weight excluding hydrogens is 218 g/mol. The second-order valence-corrected chi connectivity index (χ2v) is 5.22. The molecule has 2 rings (SSSR count). The Labute approximate surface area is 102 Å². The number of carbonyl (C=O) groups excluding carboxylic acids is 2. The molecule has 2 atom stereocenters. The van der Waals surface area contributed by atoms with Gasteiger partial charge in [-0.25, -0.2) is 0 Å². The average Bonchev–Trinajstić information content (AvgIpc) is 2.73. The second kappa shape index (κ2) is 5.49. The van der Waals surface area contributed by atoms with Crippen molar-refractivity contribution in [2.75, 3.05) is 33.2 Å². The van der Waals surface area contributed by atoms with E-state index in [-0.39, 0.29) is 17.7 Å². The van der Waals surface area contributed by atoms with Gasteiger partial charge in [-0.1, -0.05) is 0 Å². The summed E-state index contributed by atoms with van der Waals surface area (Å²) in [5.74, 6) is 0.408. The first-order valence-corrected chi connectivity index (χ1v) is 6.38. The summed E-state index contributed by atoms with van der Waals surface area (Å²) in [4.78, 5) is 25.1. The molecule has 2 fully saturated rings. The highest BCUT2D eigenvalue weighted by molar-refractivity contribution is 5.89. The van der Waals surface area contributed by atoms with Crippen LogP contribution in [0.2, 0.25) is 0 Å². The van der Waals surface area contributed by atoms with E-state index in [2.05, 4.69) is 22.6 Å². The zero-order valence-corrected chi connectivity index (χ0v) is 10.4. The number of nitrogens with one attached hydrogen (secondary N) is 2. The van der Waals surface area contributed by atoms with Crippen molar-refractivity contribution >= 4 is 11.8 Å². The van der Waals surface area contributed by atoms with Crippen LogP contribution in [0.25, 0.3) is 0 Å². The Kier molecular flexibility index (Phi) is 3.99. The van der Waals surface area contributed by atoms with E-state index < -0.39 is 0 Å². The minimum absolute atomic E-state index is 0.0115. The SMILES string of the molecule is CN1CCCC(CNC(=O)C2CNC(=O)C2)C1. The number of carbonyl (C=O) groups is 2. The van der Waals surface area contributed by atoms with Gasteiger partial charge < -0.3 is 15.5 Å². The lowest BCUT2D eigenvalue weighted by Gasteiger charge is -2.29. The lowest BCUT2D eigenvalue weighted by molar-refractivity contribution is -0.126. The van der Waals surface area contributed by atoms with Gasteiger partial charge in [-0.3, -0.25) is 9.59 Å². The molecular formula is C12H21N3O2. The molecule has 0 bridgehead atoms. The fourth-order valence-corrected chi connectivity index (χ4v) is 2.62. The molecule has 17 heavy (non-hydrogen) atoms. The minimum Gasteiger partial charge on any atom is -0.355 e. The van der Waals surface area contributed by atoms with E-state index in [1.165, 1.54) is 12.8 Å². The summed E-state index contributed by atoms with van der Waals surface area (Å²) in [6.45, 7) is 3.46. The van der Waals surface area contributed by atoms with E-state index in [0.717, 1.165) is 19.6 Å². The topological polar surface area (TPSA) is 61.4 Å². The Bertz CT molecular complexity index is 306. The van der Waals surface area contributed by atoms with Gasteiger partial charge >= 0.3 is 0 Å². The maximum absolute atomic E-state index is 11.8. The molecule has 0 saturated carbocycles. The van der Waals surface area contributed by atoms with Crippen molar-refractivity contribution in [3.63, 3.8) is 0 Å². The summed E-state index contributed by atoms with van der Waals surface area (Å²) in [5, 5.41) is 5.67. The van der Waals surface area contributed by atoms with E-state index in [4.69, 9.17) is 0 Å². The lowest BCUT2D eigenvalue weighted by atomic mass is 9.98. The summed E-state index contributed by atoms with van der Waals surface area (Å²) >= 11 is 0. The minimum atomic E-state index is -0.163. The molecule has 0 aliphatic carbocycles. The van der Waals surface area contributed by atoms with Gasteiger partial charge in [0.1, 0.15) is 0 Å². The first-order valence-electron chi connectivity index (χ1n) is 6.38. The third-order valence-electron chi connectivity index (χ3n) is 3.64. The summed E-state index contributed by atoms with van der Waals surface area (Å²) in [6, 6.07) is 0. The molecule has 0 spiro atoms. The first kappa shape index (κ1) is 12.4. The normalized spacial score (nSPS) is 30.1. The van der Waals surface area contributed by atoms with Crippen molar-refractivity contribution in [3.8, 4) is 0 Å². The molecule has 2 amide bonds. The Morgan fingerprint density at radius 1 is 1.59 bits per heavy atom. The highest BCUT2D eigenvalue weighted by Crippen LogP contribution is 2.14. The molecule has 2 saturated heterocycles. The Balaban J connectivity index is 1.70. The van der Waals surface area contributed by atoms with Crippen LogP contribution in [-0.4, -0.2) is 49.9 Å². The second-order valence-electron chi connectivity index (χ2n) is 5.22. The van der Waals surface area contributed by atoms with Crippen molar-refractivity contribution in [2.24, 2.45) is 11.8 Å². The number of amides is 2. The molecule has 2 unspecified atom stereocenters. The number of piperidine rings is 1. The summed E-state index contributed by atoms with van der Waals surface area (Å²) in [7, 11) is 2.12. The number of hydrogen-bond acceptors (Lipinski definition) is 3. The number of rotatable bonds is 3. The summed E-state index contributed by atoms with van der Waals surface area (Å²) in [6.07, 6.45) is 2.74. The highest BCUT2D eigenvalue weighted by Gasteiger charge is 2.28. The van der Waals surface area contributed by atoms with Crippen molar-refractivity contribution < 1.29 is 9.59 Å². The fraction of sp³-hybridized carbons (Fsp3) is 0.833. The third kappa shape index (κ3) is 3.43. The van der Waals surface area contributed by atoms with Crippen molar-refractivity contribution in [1.29, 1.82) is 0 Å². The van der Waals surface area contributed by atoms with Crippen molar-refractivity contribution in [3.05, 3.63) is 0 Å². The number of likely N-dealkylation sites (tertiary alicyclic amines) is 1. The molecule has 0 aromatic heterocycles. The predicted octanol–water partition coefficient (Wildman–Crippen LogP) is -0.419. The monoisotopic (exact) mass is 239 g/mol. The molecule has 0 aromatic rings. The highest BCUT2D eigenvalue weighted by atomic mass is 16.2. The molecule has 2 N–H and O–H groups in total. The molecule has 2 aliphatic rings. The maximum Gasteiger partial charge on any atom is 0.225 e. The van der Waals surface area contributed by atoms with Crippen molar-refractivity contribution in [2.45, 2.75) is 19.3 Å². The van der Waals surface area contributed by atoms with Crippen LogP contribution in [0.1, 0.15) is 19.3 Å². The van der Waals surface area contributed by atoms with Gasteiger partial charge in [-0.15, -0.1) is 0 Å². The van der Waals surface area contributed by atoms with Crippen LogP contribution < -0.4 is 10.6 Å². The lowest BCUT2D eigenvalue weighted by Crippen LogP contribution is -2.41. The van der Waals surface area contributed by atoms with Gasteiger partial charge in [0, 0.05) is 26.1 Å². The molecule has 5 nitrogen and oxygen atoms in total. The van der Waals surface area contributed by atoms with Gasteiger partial charge in [0.2, 0.25) is 11.8 Å². The largest absolute Gasteiger partial charge is 0.355 e. The third-order valence-corrected chi connectivity index (χ3v) is 3.64. The van der Waals surface area contributed by atoms with E-state index >= 15 is 0 Å². The van der Waals surface area contributed by atoms with Gasteiger partial charge in [-0.2, -0.15) is 0 Å². The molecule has 2 aliphatic heterocycles. The Hall–Kier alpha value is -1.10. The smallest absolute Gasteiger partial charge is 0.225 e. The zero-order chi connectivity index (χ0) is 12.3. The van der Waals surface area contributed by atoms with E-state index in [1.54, 1.807) is 0 Å². The average molecular weight is 239 g/mol. The Morgan fingerprint density at radius 3 is 3.06 bits per heavy atom. The molecule has 5 heteroatoms. The predicted molar refractivity (Wildman–Crippen MR) is 64.3 cm³/mol. The zero-order valence-electron chi connectivity index (χ0n) is 10.4. The van der Waals surface area contributed by atoms with Crippen LogP contribution in [0, 0.1) is 11.8 Å². The van der Waals surface area contributed by atoms with Crippen LogP contribution in [0.15, 0.2) is 0 Å². The van der Waals surface area contributed by atoms with Gasteiger partial charge in [0.05, 0.1) is 5.92 Å². The van der Waals surface area contributed by atoms with Crippen LogP contribution in [0.4, 0.5) is 0 Å². The number of hydrogen-bond donors (Lipinski definition) is 2. The summed E-state index contributed by atoms with van der Waals surface area (Å²) < 4.78 is 0.